The van der Waals surface area contributed by atoms with Gasteiger partial charge in [0.05, 0.1) is 5.69 Å². The standard InChI is InChI=1S/C19H15BrN4O4S/c20-12-6-8-14(9-7-12)28-11-16(25)23-21-10-15-17(26)22-19(29)24(18(15)27)13-4-2-1-3-5-13/h1-10,15H,11H2,(H,23,25)(H,22,26,29)/b21-10-/t15-/m0/s1. The molecule has 3 amide bonds. The Labute approximate surface area is 180 Å². The summed E-state index contributed by atoms with van der Waals surface area (Å²) in [6, 6.07) is 15.6. The Balaban J connectivity index is 1.59. The number of para-hydroxylation sites is 1. The van der Waals surface area contributed by atoms with Gasteiger partial charge in [-0.25, -0.2) is 5.43 Å². The minimum Gasteiger partial charge on any atom is -0.484 e. The molecule has 0 spiro atoms. The van der Waals surface area contributed by atoms with Gasteiger partial charge in [-0.1, -0.05) is 34.1 Å². The monoisotopic (exact) mass is 474 g/mol. The largest absolute Gasteiger partial charge is 0.484 e. The number of anilines is 1. The van der Waals surface area contributed by atoms with Crippen molar-refractivity contribution in [3.8, 4) is 5.75 Å². The zero-order valence-corrected chi connectivity index (χ0v) is 17.3. The summed E-state index contributed by atoms with van der Waals surface area (Å²) in [6.45, 7) is -0.274. The second kappa shape index (κ2) is 9.39. The number of benzene rings is 2. The summed E-state index contributed by atoms with van der Waals surface area (Å²) in [6.07, 6.45) is 1.06. The molecule has 0 aliphatic carbocycles. The van der Waals surface area contributed by atoms with Gasteiger partial charge in [-0.2, -0.15) is 5.10 Å². The number of ether oxygens (including phenoxy) is 1. The summed E-state index contributed by atoms with van der Waals surface area (Å²) in [5, 5.41) is 6.16. The minimum atomic E-state index is -1.23. The van der Waals surface area contributed by atoms with Gasteiger partial charge >= 0.3 is 0 Å². The van der Waals surface area contributed by atoms with Crippen LogP contribution in [0.25, 0.3) is 0 Å². The summed E-state index contributed by atoms with van der Waals surface area (Å²) < 4.78 is 6.21. The second-order valence-corrected chi connectivity index (χ2v) is 7.14. The smallest absolute Gasteiger partial charge is 0.277 e. The van der Waals surface area contributed by atoms with Crippen LogP contribution in [0.4, 0.5) is 5.69 Å². The number of hydrogen-bond acceptors (Lipinski definition) is 6. The van der Waals surface area contributed by atoms with Gasteiger partial charge in [0, 0.05) is 10.7 Å². The maximum absolute atomic E-state index is 12.7. The van der Waals surface area contributed by atoms with Gasteiger partial charge in [0.1, 0.15) is 5.75 Å². The Morgan fingerprint density at radius 2 is 1.90 bits per heavy atom. The van der Waals surface area contributed by atoms with E-state index in [4.69, 9.17) is 17.0 Å². The molecule has 1 aliphatic rings. The summed E-state index contributed by atoms with van der Waals surface area (Å²) in [7, 11) is 0. The Hall–Kier alpha value is -3.11. The third-order valence-corrected chi connectivity index (χ3v) is 4.63. The molecule has 0 aromatic heterocycles. The van der Waals surface area contributed by atoms with Crippen LogP contribution in [0.1, 0.15) is 0 Å². The fraction of sp³-hybridized carbons (Fsp3) is 0.105. The van der Waals surface area contributed by atoms with Crippen molar-refractivity contribution in [2.75, 3.05) is 11.5 Å². The molecule has 10 heteroatoms. The normalized spacial score (nSPS) is 16.7. The highest BCUT2D eigenvalue weighted by molar-refractivity contribution is 9.10. The number of amides is 3. The summed E-state index contributed by atoms with van der Waals surface area (Å²) in [5.41, 5.74) is 2.75. The highest BCUT2D eigenvalue weighted by atomic mass is 79.9. The molecule has 0 unspecified atom stereocenters. The number of halogens is 1. The van der Waals surface area contributed by atoms with Crippen molar-refractivity contribution in [3.05, 3.63) is 59.1 Å². The number of nitrogens with zero attached hydrogens (tertiary/aromatic N) is 2. The maximum atomic E-state index is 12.7. The maximum Gasteiger partial charge on any atom is 0.277 e. The van der Waals surface area contributed by atoms with Crippen molar-refractivity contribution in [3.63, 3.8) is 0 Å². The molecule has 29 heavy (non-hydrogen) atoms. The number of hydrazone groups is 1. The lowest BCUT2D eigenvalue weighted by atomic mass is 10.1. The van der Waals surface area contributed by atoms with Gasteiger partial charge in [0.15, 0.2) is 17.6 Å². The summed E-state index contributed by atoms with van der Waals surface area (Å²) >= 11 is 8.40. The fourth-order valence-corrected chi connectivity index (χ4v) is 3.00. The lowest BCUT2D eigenvalue weighted by molar-refractivity contribution is -0.130. The molecule has 8 nitrogen and oxygen atoms in total. The Morgan fingerprint density at radius 1 is 1.21 bits per heavy atom. The fourth-order valence-electron chi connectivity index (χ4n) is 2.44. The first-order valence-electron chi connectivity index (χ1n) is 8.40. The molecule has 2 aromatic carbocycles. The van der Waals surface area contributed by atoms with Crippen LogP contribution in [0.5, 0.6) is 5.75 Å². The molecule has 0 saturated carbocycles. The van der Waals surface area contributed by atoms with E-state index in [1.807, 2.05) is 0 Å². The minimum absolute atomic E-state index is 0.0113. The van der Waals surface area contributed by atoms with E-state index in [9.17, 15) is 14.4 Å². The van der Waals surface area contributed by atoms with E-state index >= 15 is 0 Å². The van der Waals surface area contributed by atoms with Crippen molar-refractivity contribution >= 4 is 62.9 Å². The highest BCUT2D eigenvalue weighted by Gasteiger charge is 2.38. The summed E-state index contributed by atoms with van der Waals surface area (Å²) in [5.74, 6) is -2.43. The van der Waals surface area contributed by atoms with E-state index in [0.29, 0.717) is 11.4 Å². The molecule has 1 heterocycles. The third-order valence-electron chi connectivity index (χ3n) is 3.81. The second-order valence-electron chi connectivity index (χ2n) is 5.84. The number of nitrogens with one attached hydrogen (secondary N) is 2. The van der Waals surface area contributed by atoms with E-state index in [0.717, 1.165) is 10.7 Å². The van der Waals surface area contributed by atoms with Crippen molar-refractivity contribution in [1.82, 2.24) is 10.7 Å². The van der Waals surface area contributed by atoms with E-state index in [-0.39, 0.29) is 11.7 Å². The van der Waals surface area contributed by atoms with Crippen LogP contribution < -0.4 is 20.4 Å². The van der Waals surface area contributed by atoms with Crippen LogP contribution in [-0.4, -0.2) is 35.7 Å². The van der Waals surface area contributed by atoms with E-state index in [1.54, 1.807) is 54.6 Å². The van der Waals surface area contributed by atoms with Gasteiger partial charge in [-0.15, -0.1) is 0 Å². The van der Waals surface area contributed by atoms with Gasteiger partial charge in [-0.3, -0.25) is 19.3 Å². The molecule has 2 aromatic rings. The van der Waals surface area contributed by atoms with Crippen LogP contribution in [0.3, 0.4) is 0 Å². The first kappa shape index (κ1) is 20.6. The van der Waals surface area contributed by atoms with E-state index < -0.39 is 23.6 Å². The number of carbonyl (C=O) groups excluding carboxylic acids is 3. The van der Waals surface area contributed by atoms with Crippen LogP contribution in [0.15, 0.2) is 64.2 Å². The first-order valence-corrected chi connectivity index (χ1v) is 9.60. The highest BCUT2D eigenvalue weighted by Crippen LogP contribution is 2.19. The average Bonchev–Trinajstić information content (AvgIpc) is 2.70. The van der Waals surface area contributed by atoms with Crippen LogP contribution in [0.2, 0.25) is 0 Å². The zero-order chi connectivity index (χ0) is 20.8. The van der Waals surface area contributed by atoms with Crippen molar-refractivity contribution in [1.29, 1.82) is 0 Å². The molecule has 2 N–H and O–H groups in total. The van der Waals surface area contributed by atoms with Gasteiger partial charge in [0.25, 0.3) is 11.8 Å². The predicted molar refractivity (Wildman–Crippen MR) is 114 cm³/mol. The molecule has 1 fully saturated rings. The predicted octanol–water partition coefficient (Wildman–Crippen LogP) is 1.99. The first-order chi connectivity index (χ1) is 14.0. The molecule has 148 valence electrons. The number of carbonyl (C=O) groups is 3. The average molecular weight is 475 g/mol. The van der Waals surface area contributed by atoms with E-state index in [2.05, 4.69) is 31.8 Å². The third kappa shape index (κ3) is 5.24. The van der Waals surface area contributed by atoms with Gasteiger partial charge in [0.2, 0.25) is 5.91 Å². The Bertz CT molecular complexity index is 966. The number of thiocarbonyl (C=S) groups is 1. The molecule has 0 radical (unpaired) electrons. The quantitative estimate of drug-likeness (QED) is 0.288. The van der Waals surface area contributed by atoms with E-state index in [1.165, 1.54) is 4.90 Å². The Kier molecular flexibility index (Phi) is 6.68. The molecule has 0 bridgehead atoms. The number of rotatable bonds is 6. The van der Waals surface area contributed by atoms with Crippen LogP contribution in [0, 0.1) is 5.92 Å². The van der Waals surface area contributed by atoms with Crippen molar-refractivity contribution < 1.29 is 19.1 Å². The molecular formula is C19H15BrN4O4S. The van der Waals surface area contributed by atoms with Crippen LogP contribution in [-0.2, 0) is 14.4 Å². The van der Waals surface area contributed by atoms with Gasteiger partial charge < -0.3 is 10.1 Å². The molecular weight excluding hydrogens is 460 g/mol. The van der Waals surface area contributed by atoms with Gasteiger partial charge in [-0.05, 0) is 48.6 Å². The molecule has 3 rings (SSSR count). The topological polar surface area (TPSA) is 100 Å². The van der Waals surface area contributed by atoms with Crippen LogP contribution >= 0.6 is 28.1 Å². The lowest BCUT2D eigenvalue weighted by Crippen LogP contribution is -2.58. The van der Waals surface area contributed by atoms with Crippen molar-refractivity contribution in [2.24, 2.45) is 11.0 Å². The SMILES string of the molecule is O=C(COc1ccc(Br)cc1)N/N=C\[C@H]1C(=O)NC(=S)N(c2ccccc2)C1=O. The molecule has 1 atom stereocenters. The zero-order valence-electron chi connectivity index (χ0n) is 14.9. The summed E-state index contributed by atoms with van der Waals surface area (Å²) in [4.78, 5) is 37.9. The van der Waals surface area contributed by atoms with Crippen molar-refractivity contribution in [2.45, 2.75) is 0 Å². The molecule has 1 saturated heterocycles. The molecule has 1 aliphatic heterocycles. The Morgan fingerprint density at radius 3 is 2.59 bits per heavy atom. The number of hydrogen-bond donors (Lipinski definition) is 2. The lowest BCUT2D eigenvalue weighted by Gasteiger charge is -2.30.